The van der Waals surface area contributed by atoms with E-state index in [1.807, 2.05) is 23.9 Å². The fraction of sp³-hybridized carbons (Fsp3) is 0.444. The van der Waals surface area contributed by atoms with Crippen LogP contribution < -0.4 is 10.6 Å². The molecule has 0 fully saturated rings. The van der Waals surface area contributed by atoms with Crippen molar-refractivity contribution in [2.45, 2.75) is 33.0 Å². The second kappa shape index (κ2) is 10.4. The molecule has 1 aromatic carbocycles. The molecule has 1 aromatic heterocycles. The van der Waals surface area contributed by atoms with Gasteiger partial charge in [-0.2, -0.15) is 5.10 Å². The Morgan fingerprint density at radius 2 is 2.00 bits per heavy atom. The van der Waals surface area contributed by atoms with Crippen LogP contribution in [0.15, 0.2) is 47.7 Å². The lowest BCUT2D eigenvalue weighted by molar-refractivity contribution is 0.134. The Hall–Kier alpha value is -2.34. The van der Waals surface area contributed by atoms with Crippen LogP contribution in [0.4, 0.5) is 0 Å². The van der Waals surface area contributed by atoms with Crippen molar-refractivity contribution in [2.75, 3.05) is 20.2 Å². The predicted octanol–water partition coefficient (Wildman–Crippen LogP) is 2.17. The van der Waals surface area contributed by atoms with E-state index in [0.29, 0.717) is 6.61 Å². The van der Waals surface area contributed by atoms with Crippen molar-refractivity contribution in [3.8, 4) is 0 Å². The molecule has 0 aliphatic rings. The van der Waals surface area contributed by atoms with Gasteiger partial charge in [-0.3, -0.25) is 9.67 Å². The van der Waals surface area contributed by atoms with Crippen LogP contribution in [0.25, 0.3) is 0 Å². The maximum absolute atomic E-state index is 5.41. The maximum atomic E-state index is 5.41. The molecule has 2 rings (SSSR count). The lowest BCUT2D eigenvalue weighted by Crippen LogP contribution is -2.37. The molecule has 6 nitrogen and oxygen atoms in total. The number of aliphatic imine (C=N–C) groups is 1. The lowest BCUT2D eigenvalue weighted by Gasteiger charge is -2.12. The van der Waals surface area contributed by atoms with E-state index in [1.165, 1.54) is 11.1 Å². The number of hydrogen-bond acceptors (Lipinski definition) is 3. The summed E-state index contributed by atoms with van der Waals surface area (Å²) in [6.45, 7) is 5.92. The van der Waals surface area contributed by atoms with Gasteiger partial charge >= 0.3 is 0 Å². The first-order valence-electron chi connectivity index (χ1n) is 8.39. The van der Waals surface area contributed by atoms with E-state index < -0.39 is 0 Å². The van der Waals surface area contributed by atoms with Gasteiger partial charge in [0.25, 0.3) is 0 Å². The van der Waals surface area contributed by atoms with Crippen molar-refractivity contribution in [1.82, 2.24) is 20.4 Å². The highest BCUT2D eigenvalue weighted by Crippen LogP contribution is 2.05. The summed E-state index contributed by atoms with van der Waals surface area (Å²) < 4.78 is 7.34. The summed E-state index contributed by atoms with van der Waals surface area (Å²) in [5.74, 6) is 0.814. The van der Waals surface area contributed by atoms with Crippen molar-refractivity contribution in [1.29, 1.82) is 0 Å². The minimum atomic E-state index is 0.670. The summed E-state index contributed by atoms with van der Waals surface area (Å²) in [6, 6.07) is 10.4. The Morgan fingerprint density at radius 3 is 2.67 bits per heavy atom. The average molecular weight is 329 g/mol. The molecule has 130 valence electrons. The molecule has 0 aliphatic carbocycles. The Balaban J connectivity index is 1.67. The summed E-state index contributed by atoms with van der Waals surface area (Å²) in [7, 11) is 1.79. The van der Waals surface area contributed by atoms with Crippen LogP contribution >= 0.6 is 0 Å². The minimum absolute atomic E-state index is 0.670. The maximum Gasteiger partial charge on any atom is 0.191 e. The molecule has 0 spiro atoms. The van der Waals surface area contributed by atoms with Crippen LogP contribution in [0.1, 0.15) is 24.5 Å². The van der Waals surface area contributed by atoms with Crippen LogP contribution in [0.2, 0.25) is 0 Å². The fourth-order valence-electron chi connectivity index (χ4n) is 2.26. The molecule has 0 bridgehead atoms. The summed E-state index contributed by atoms with van der Waals surface area (Å²) in [4.78, 5) is 4.25. The number of nitrogens with one attached hydrogen (secondary N) is 2. The van der Waals surface area contributed by atoms with Crippen molar-refractivity contribution in [3.05, 3.63) is 53.9 Å². The molecule has 0 saturated carbocycles. The Morgan fingerprint density at radius 1 is 1.21 bits per heavy atom. The van der Waals surface area contributed by atoms with E-state index >= 15 is 0 Å². The Kier molecular flexibility index (Phi) is 7.83. The molecule has 0 amide bonds. The molecule has 0 atom stereocenters. The van der Waals surface area contributed by atoms with Crippen LogP contribution in [-0.2, 0) is 24.4 Å². The number of aromatic nitrogens is 2. The monoisotopic (exact) mass is 329 g/mol. The molecular weight excluding hydrogens is 302 g/mol. The number of rotatable bonds is 9. The standard InChI is InChI=1S/C18H27N5O/c1-3-24-15-17-8-6-16(7-9-17)14-21-18(19-2)20-10-4-12-23-13-5-11-22-23/h5-9,11,13H,3-4,10,12,14-15H2,1-2H3,(H2,19,20,21). The zero-order valence-corrected chi connectivity index (χ0v) is 14.5. The lowest BCUT2D eigenvalue weighted by atomic mass is 10.1. The Labute approximate surface area is 143 Å². The molecule has 0 saturated heterocycles. The third-order valence-corrected chi connectivity index (χ3v) is 3.60. The molecule has 1 heterocycles. The number of benzene rings is 1. The normalized spacial score (nSPS) is 11.5. The molecule has 2 aromatic rings. The van der Waals surface area contributed by atoms with E-state index in [9.17, 15) is 0 Å². The SMILES string of the molecule is CCOCc1ccc(CNC(=NC)NCCCn2cccn2)cc1. The number of hydrogen-bond donors (Lipinski definition) is 2. The van der Waals surface area contributed by atoms with Gasteiger partial charge in [-0.25, -0.2) is 0 Å². The largest absolute Gasteiger partial charge is 0.377 e. The van der Waals surface area contributed by atoms with Gasteiger partial charge in [-0.15, -0.1) is 0 Å². The van der Waals surface area contributed by atoms with E-state index in [1.54, 1.807) is 13.2 Å². The topological polar surface area (TPSA) is 63.5 Å². The van der Waals surface area contributed by atoms with Gasteiger partial charge in [0.05, 0.1) is 6.61 Å². The molecule has 6 heteroatoms. The highest BCUT2D eigenvalue weighted by Gasteiger charge is 1.99. The van der Waals surface area contributed by atoms with E-state index in [-0.39, 0.29) is 0 Å². The summed E-state index contributed by atoms with van der Waals surface area (Å²) >= 11 is 0. The first kappa shape index (κ1) is 18.0. The predicted molar refractivity (Wildman–Crippen MR) is 96.8 cm³/mol. The van der Waals surface area contributed by atoms with Gasteiger partial charge in [0, 0.05) is 45.7 Å². The van der Waals surface area contributed by atoms with Gasteiger partial charge < -0.3 is 15.4 Å². The zero-order valence-electron chi connectivity index (χ0n) is 14.5. The fourth-order valence-corrected chi connectivity index (χ4v) is 2.26. The highest BCUT2D eigenvalue weighted by molar-refractivity contribution is 5.79. The number of ether oxygens (including phenoxy) is 1. The number of nitrogens with zero attached hydrogens (tertiary/aromatic N) is 3. The summed E-state index contributed by atoms with van der Waals surface area (Å²) in [6.07, 6.45) is 4.77. The molecular formula is C18H27N5O. The van der Waals surface area contributed by atoms with Crippen molar-refractivity contribution in [3.63, 3.8) is 0 Å². The zero-order chi connectivity index (χ0) is 17.0. The van der Waals surface area contributed by atoms with Gasteiger partial charge in [0.15, 0.2) is 5.96 Å². The first-order chi connectivity index (χ1) is 11.8. The average Bonchev–Trinajstić information content (AvgIpc) is 3.13. The molecule has 0 unspecified atom stereocenters. The van der Waals surface area contributed by atoms with Crippen LogP contribution in [-0.4, -0.2) is 35.9 Å². The van der Waals surface area contributed by atoms with Gasteiger partial charge in [-0.05, 0) is 30.5 Å². The van der Waals surface area contributed by atoms with E-state index in [4.69, 9.17) is 4.74 Å². The van der Waals surface area contributed by atoms with Gasteiger partial charge in [0.1, 0.15) is 0 Å². The van der Waals surface area contributed by atoms with Crippen molar-refractivity contribution < 1.29 is 4.74 Å². The quantitative estimate of drug-likeness (QED) is 0.420. The van der Waals surface area contributed by atoms with Gasteiger partial charge in [0.2, 0.25) is 0 Å². The third-order valence-electron chi connectivity index (χ3n) is 3.60. The Bertz CT molecular complexity index is 592. The second-order valence-corrected chi connectivity index (χ2v) is 5.43. The molecule has 24 heavy (non-hydrogen) atoms. The van der Waals surface area contributed by atoms with Crippen LogP contribution in [0.5, 0.6) is 0 Å². The van der Waals surface area contributed by atoms with Crippen molar-refractivity contribution in [2.24, 2.45) is 4.99 Å². The van der Waals surface area contributed by atoms with E-state index in [0.717, 1.165) is 38.6 Å². The highest BCUT2D eigenvalue weighted by atomic mass is 16.5. The van der Waals surface area contributed by atoms with Crippen LogP contribution in [0.3, 0.4) is 0 Å². The van der Waals surface area contributed by atoms with Crippen LogP contribution in [0, 0.1) is 0 Å². The summed E-state index contributed by atoms with van der Waals surface area (Å²) in [5.41, 5.74) is 2.41. The van der Waals surface area contributed by atoms with Crippen molar-refractivity contribution >= 4 is 5.96 Å². The minimum Gasteiger partial charge on any atom is -0.377 e. The van der Waals surface area contributed by atoms with E-state index in [2.05, 4.69) is 45.0 Å². The first-order valence-corrected chi connectivity index (χ1v) is 8.39. The number of aryl methyl sites for hydroxylation is 1. The third kappa shape index (κ3) is 6.42. The molecule has 2 N–H and O–H groups in total. The molecule has 0 aliphatic heterocycles. The molecule has 0 radical (unpaired) electrons. The van der Waals surface area contributed by atoms with Gasteiger partial charge in [-0.1, -0.05) is 24.3 Å². The summed E-state index contributed by atoms with van der Waals surface area (Å²) in [5, 5.41) is 10.8. The smallest absolute Gasteiger partial charge is 0.191 e. The second-order valence-electron chi connectivity index (χ2n) is 5.43. The number of guanidine groups is 1.